The highest BCUT2D eigenvalue weighted by atomic mass is 32.2. The Balaban J connectivity index is 2.40. The fraction of sp³-hybridized carbons (Fsp3) is 0.833. The molecular formula is C6H12N4O2S. The maximum absolute atomic E-state index is 11.3. The smallest absolute Gasteiger partial charge is 0.303 e. The van der Waals surface area contributed by atoms with E-state index in [2.05, 4.69) is 14.4 Å². The summed E-state index contributed by atoms with van der Waals surface area (Å²) >= 11 is 0. The molecule has 1 saturated heterocycles. The largest absolute Gasteiger partial charge is 0.322 e. The molecule has 0 aromatic heterocycles. The molecule has 0 amide bonds. The van der Waals surface area contributed by atoms with Crippen LogP contribution in [-0.2, 0) is 10.2 Å². The van der Waals surface area contributed by atoms with Crippen LogP contribution in [0, 0.1) is 0 Å². The summed E-state index contributed by atoms with van der Waals surface area (Å²) in [6.07, 6.45) is 0. The lowest BCUT2D eigenvalue weighted by Gasteiger charge is -2.41. The minimum absolute atomic E-state index is 0.448. The highest BCUT2D eigenvalue weighted by molar-refractivity contribution is 7.88. The van der Waals surface area contributed by atoms with Crippen LogP contribution in [0.15, 0.2) is 4.99 Å². The van der Waals surface area contributed by atoms with E-state index in [1.165, 1.54) is 0 Å². The molecule has 0 bridgehead atoms. The molecule has 2 aliphatic heterocycles. The van der Waals surface area contributed by atoms with Crippen LogP contribution >= 0.6 is 0 Å². The molecule has 7 heteroatoms. The molecule has 0 radical (unpaired) electrons. The van der Waals surface area contributed by atoms with Crippen molar-refractivity contribution in [2.45, 2.75) is 19.5 Å². The number of nitrogens with one attached hydrogen (secondary N) is 2. The molecule has 0 saturated carbocycles. The predicted octanol–water partition coefficient (Wildman–Crippen LogP) is -1.17. The Morgan fingerprint density at radius 3 is 2.92 bits per heavy atom. The van der Waals surface area contributed by atoms with Crippen molar-refractivity contribution >= 4 is 16.2 Å². The summed E-state index contributed by atoms with van der Waals surface area (Å²) < 4.78 is 27.4. The number of hydrogen-bond acceptors (Lipinski definition) is 4. The average molecular weight is 204 g/mol. The zero-order chi connectivity index (χ0) is 9.69. The summed E-state index contributed by atoms with van der Waals surface area (Å²) in [6.45, 7) is 5.01. The monoisotopic (exact) mass is 204 g/mol. The van der Waals surface area contributed by atoms with Crippen molar-refractivity contribution in [2.24, 2.45) is 4.99 Å². The first kappa shape index (κ1) is 8.76. The molecule has 2 heterocycles. The first-order chi connectivity index (χ1) is 5.91. The van der Waals surface area contributed by atoms with Crippen LogP contribution in [0.3, 0.4) is 0 Å². The van der Waals surface area contributed by atoms with Gasteiger partial charge in [-0.1, -0.05) is 0 Å². The average Bonchev–Trinajstić information content (AvgIpc) is 2.29. The third kappa shape index (κ3) is 1.37. The lowest BCUT2D eigenvalue weighted by atomic mass is 10.2. The Kier molecular flexibility index (Phi) is 1.59. The van der Waals surface area contributed by atoms with Crippen molar-refractivity contribution in [3.05, 3.63) is 0 Å². The van der Waals surface area contributed by atoms with Gasteiger partial charge in [0.05, 0.1) is 6.54 Å². The van der Waals surface area contributed by atoms with Crippen LogP contribution in [0.5, 0.6) is 0 Å². The van der Waals surface area contributed by atoms with Crippen LogP contribution < -0.4 is 9.44 Å². The zero-order valence-electron chi connectivity index (χ0n) is 7.53. The van der Waals surface area contributed by atoms with Crippen molar-refractivity contribution < 1.29 is 8.42 Å². The summed E-state index contributed by atoms with van der Waals surface area (Å²) in [7, 11) is -3.42. The number of nitrogens with zero attached hydrogens (tertiary/aromatic N) is 2. The highest BCUT2D eigenvalue weighted by Crippen LogP contribution is 2.19. The zero-order valence-corrected chi connectivity index (χ0v) is 8.35. The van der Waals surface area contributed by atoms with E-state index in [0.29, 0.717) is 12.5 Å². The Morgan fingerprint density at radius 2 is 2.23 bits per heavy atom. The Labute approximate surface area is 77.2 Å². The van der Waals surface area contributed by atoms with E-state index in [1.807, 2.05) is 18.7 Å². The second-order valence-corrected chi connectivity index (χ2v) is 5.04. The molecule has 0 atom stereocenters. The lowest BCUT2D eigenvalue weighted by molar-refractivity contribution is 0.203. The maximum Gasteiger partial charge on any atom is 0.303 e. The Morgan fingerprint density at radius 1 is 1.54 bits per heavy atom. The SMILES string of the molecule is CC1(C)NS(=O)(=O)NC2=NCCN21. The minimum Gasteiger partial charge on any atom is -0.322 e. The van der Waals surface area contributed by atoms with Gasteiger partial charge in [0.1, 0.15) is 5.66 Å². The van der Waals surface area contributed by atoms with Gasteiger partial charge in [-0.2, -0.15) is 13.1 Å². The fourth-order valence-electron chi connectivity index (χ4n) is 1.61. The van der Waals surface area contributed by atoms with Crippen molar-refractivity contribution in [1.29, 1.82) is 0 Å². The lowest BCUT2D eigenvalue weighted by Crippen LogP contribution is -2.68. The van der Waals surface area contributed by atoms with Crippen LogP contribution in [0.4, 0.5) is 0 Å². The third-order valence-corrected chi connectivity index (χ3v) is 3.34. The van der Waals surface area contributed by atoms with Gasteiger partial charge in [0, 0.05) is 6.54 Å². The normalized spacial score (nSPS) is 29.1. The van der Waals surface area contributed by atoms with Gasteiger partial charge < -0.3 is 4.90 Å². The van der Waals surface area contributed by atoms with Crippen molar-refractivity contribution in [1.82, 2.24) is 14.3 Å². The minimum atomic E-state index is -3.42. The molecule has 2 aliphatic rings. The van der Waals surface area contributed by atoms with Gasteiger partial charge in [-0.25, -0.2) is 4.72 Å². The van der Waals surface area contributed by atoms with E-state index in [1.54, 1.807) is 0 Å². The van der Waals surface area contributed by atoms with Crippen molar-refractivity contribution in [3.63, 3.8) is 0 Å². The Bertz CT molecular complexity index is 359. The summed E-state index contributed by atoms with van der Waals surface area (Å²) in [5, 5.41) is 0. The molecule has 74 valence electrons. The van der Waals surface area contributed by atoms with E-state index in [4.69, 9.17) is 0 Å². The second kappa shape index (κ2) is 2.36. The standard InChI is InChI=1S/C6H12N4O2S/c1-6(2)9-13(11,12)8-5-7-3-4-10(5)6/h9H,3-4H2,1-2H3,(H,7,8). The molecule has 0 unspecified atom stereocenters. The maximum atomic E-state index is 11.3. The van der Waals surface area contributed by atoms with Gasteiger partial charge in [-0.05, 0) is 13.8 Å². The van der Waals surface area contributed by atoms with E-state index in [0.717, 1.165) is 6.54 Å². The molecule has 0 spiro atoms. The van der Waals surface area contributed by atoms with E-state index in [-0.39, 0.29) is 0 Å². The summed E-state index contributed by atoms with van der Waals surface area (Å²) in [4.78, 5) is 5.96. The number of guanidine groups is 1. The number of hydrogen-bond donors (Lipinski definition) is 2. The van der Waals surface area contributed by atoms with Gasteiger partial charge >= 0.3 is 10.2 Å². The van der Waals surface area contributed by atoms with Gasteiger partial charge in [0.25, 0.3) is 0 Å². The fourth-order valence-corrected chi connectivity index (χ4v) is 2.84. The second-order valence-electron chi connectivity index (χ2n) is 3.62. The van der Waals surface area contributed by atoms with Crippen LogP contribution in [0.2, 0.25) is 0 Å². The molecule has 6 nitrogen and oxygen atoms in total. The molecule has 2 rings (SSSR count). The summed E-state index contributed by atoms with van der Waals surface area (Å²) in [5.41, 5.74) is -0.584. The third-order valence-electron chi connectivity index (χ3n) is 2.13. The van der Waals surface area contributed by atoms with Gasteiger partial charge in [-0.3, -0.25) is 4.99 Å². The number of rotatable bonds is 0. The topological polar surface area (TPSA) is 73.8 Å². The highest BCUT2D eigenvalue weighted by Gasteiger charge is 2.41. The molecule has 13 heavy (non-hydrogen) atoms. The van der Waals surface area contributed by atoms with Crippen LogP contribution in [0.25, 0.3) is 0 Å². The number of fused-ring (bicyclic) bond motifs is 1. The molecule has 2 N–H and O–H groups in total. The molecular weight excluding hydrogens is 192 g/mol. The van der Waals surface area contributed by atoms with E-state index in [9.17, 15) is 8.42 Å². The van der Waals surface area contributed by atoms with Crippen molar-refractivity contribution in [2.75, 3.05) is 13.1 Å². The van der Waals surface area contributed by atoms with Crippen LogP contribution in [0.1, 0.15) is 13.8 Å². The summed E-state index contributed by atoms with van der Waals surface area (Å²) in [5.74, 6) is 0.448. The van der Waals surface area contributed by atoms with Gasteiger partial charge in [0.15, 0.2) is 0 Å². The molecule has 1 fully saturated rings. The van der Waals surface area contributed by atoms with E-state index >= 15 is 0 Å². The first-order valence-electron chi connectivity index (χ1n) is 4.04. The first-order valence-corrected chi connectivity index (χ1v) is 5.53. The van der Waals surface area contributed by atoms with E-state index < -0.39 is 15.9 Å². The van der Waals surface area contributed by atoms with Crippen molar-refractivity contribution in [3.8, 4) is 0 Å². The quantitative estimate of drug-likeness (QED) is 0.522. The molecule has 0 aliphatic carbocycles. The van der Waals surface area contributed by atoms with Gasteiger partial charge in [-0.15, -0.1) is 0 Å². The van der Waals surface area contributed by atoms with Gasteiger partial charge in [0.2, 0.25) is 5.96 Å². The molecule has 0 aromatic carbocycles. The Hall–Kier alpha value is -0.820. The molecule has 0 aromatic rings. The number of aliphatic imine (C=N–C) groups is 1. The summed E-state index contributed by atoms with van der Waals surface area (Å²) in [6, 6.07) is 0. The predicted molar refractivity (Wildman–Crippen MR) is 48.3 cm³/mol. The van der Waals surface area contributed by atoms with Crippen LogP contribution in [-0.4, -0.2) is 38.0 Å².